The molecule has 2 aliphatic rings. The van der Waals surface area contributed by atoms with E-state index in [-0.39, 0.29) is 23.7 Å². The molecule has 108 valence electrons. The Morgan fingerprint density at radius 3 is 2.85 bits per heavy atom. The fraction of sp³-hybridized carbons (Fsp3) is 0.529. The minimum Gasteiger partial charge on any atom is -0.507 e. The summed E-state index contributed by atoms with van der Waals surface area (Å²) in [6.07, 6.45) is 2.39. The maximum absolute atomic E-state index is 13.9. The Kier molecular flexibility index (Phi) is 3.23. The van der Waals surface area contributed by atoms with Gasteiger partial charge in [-0.05, 0) is 50.0 Å². The third-order valence-corrected chi connectivity index (χ3v) is 4.71. The molecule has 0 aromatic heterocycles. The molecule has 0 saturated heterocycles. The van der Waals surface area contributed by atoms with Crippen LogP contribution in [0.15, 0.2) is 23.8 Å². The highest BCUT2D eigenvalue weighted by Gasteiger charge is 2.41. The smallest absolute Gasteiger partial charge is 0.127 e. The summed E-state index contributed by atoms with van der Waals surface area (Å²) in [5.74, 6) is 1.20. The highest BCUT2D eigenvalue weighted by molar-refractivity contribution is 5.53. The zero-order valence-electron chi connectivity index (χ0n) is 12.2. The number of allylic oxidation sites excluding steroid dienone is 2. The van der Waals surface area contributed by atoms with Crippen molar-refractivity contribution in [2.24, 2.45) is 5.92 Å². The predicted molar refractivity (Wildman–Crippen MR) is 77.1 cm³/mol. The lowest BCUT2D eigenvalue weighted by atomic mass is 9.72. The van der Waals surface area contributed by atoms with Gasteiger partial charge in [0, 0.05) is 17.4 Å². The van der Waals surface area contributed by atoms with Crippen molar-refractivity contribution < 1.29 is 14.2 Å². The lowest BCUT2D eigenvalue weighted by molar-refractivity contribution is 0.0889. The molecule has 1 heterocycles. The van der Waals surface area contributed by atoms with Crippen molar-refractivity contribution in [3.63, 3.8) is 0 Å². The van der Waals surface area contributed by atoms with E-state index in [0.717, 1.165) is 28.9 Å². The molecule has 20 heavy (non-hydrogen) atoms. The molecule has 3 rings (SSSR count). The minimum atomic E-state index is -0.888. The molecule has 0 radical (unpaired) electrons. The molecular weight excluding hydrogens is 255 g/mol. The fourth-order valence-electron chi connectivity index (χ4n) is 3.46. The predicted octanol–water partition coefficient (Wildman–Crippen LogP) is 4.12. The number of hydrogen-bond acceptors (Lipinski definition) is 2. The van der Waals surface area contributed by atoms with Crippen LogP contribution in [0.2, 0.25) is 0 Å². The Bertz CT molecular complexity index is 564. The summed E-state index contributed by atoms with van der Waals surface area (Å²) in [5.41, 5.74) is 2.66. The molecule has 1 aliphatic heterocycles. The lowest BCUT2D eigenvalue weighted by Gasteiger charge is -2.41. The first-order chi connectivity index (χ1) is 9.51. The third kappa shape index (κ3) is 2.00. The topological polar surface area (TPSA) is 29.5 Å². The summed E-state index contributed by atoms with van der Waals surface area (Å²) < 4.78 is 19.9. The van der Waals surface area contributed by atoms with Gasteiger partial charge in [-0.1, -0.05) is 13.0 Å². The number of hydrogen-bond donors (Lipinski definition) is 1. The summed E-state index contributed by atoms with van der Waals surface area (Å²) in [5, 5.41) is 10.3. The molecule has 1 aromatic rings. The summed E-state index contributed by atoms with van der Waals surface area (Å²) in [6.45, 7) is 5.88. The van der Waals surface area contributed by atoms with E-state index in [2.05, 4.69) is 6.92 Å². The quantitative estimate of drug-likeness (QED) is 0.782. The summed E-state index contributed by atoms with van der Waals surface area (Å²) in [4.78, 5) is 0. The van der Waals surface area contributed by atoms with E-state index in [0.29, 0.717) is 6.42 Å². The highest BCUT2D eigenvalue weighted by Crippen LogP contribution is 2.50. The van der Waals surface area contributed by atoms with Gasteiger partial charge in [-0.15, -0.1) is 0 Å². The average molecular weight is 276 g/mol. The Labute approximate surface area is 119 Å². The normalized spacial score (nSPS) is 31.9. The van der Waals surface area contributed by atoms with Crippen molar-refractivity contribution in [3.8, 4) is 11.5 Å². The number of phenols is 1. The van der Waals surface area contributed by atoms with Crippen molar-refractivity contribution in [1.82, 2.24) is 0 Å². The van der Waals surface area contributed by atoms with Crippen LogP contribution in [0.1, 0.15) is 44.2 Å². The average Bonchev–Trinajstić information content (AvgIpc) is 2.40. The van der Waals surface area contributed by atoms with E-state index in [9.17, 15) is 9.50 Å². The SMILES string of the molecule is CCc1cc(O)c2c(c1)OC(C)[C@@H]1CC(F)C(C)=CC21. The van der Waals surface area contributed by atoms with Gasteiger partial charge in [0.25, 0.3) is 0 Å². The monoisotopic (exact) mass is 276 g/mol. The number of fused-ring (bicyclic) bond motifs is 3. The summed E-state index contributed by atoms with van der Waals surface area (Å²) in [6, 6.07) is 3.81. The zero-order valence-corrected chi connectivity index (χ0v) is 12.2. The highest BCUT2D eigenvalue weighted by atomic mass is 19.1. The van der Waals surface area contributed by atoms with Gasteiger partial charge in [0.2, 0.25) is 0 Å². The molecule has 3 unspecified atom stereocenters. The molecule has 0 bridgehead atoms. The molecule has 1 aromatic carbocycles. The molecule has 0 spiro atoms. The maximum Gasteiger partial charge on any atom is 0.127 e. The first-order valence-corrected chi connectivity index (χ1v) is 7.36. The first-order valence-electron chi connectivity index (χ1n) is 7.36. The number of phenolic OH excluding ortho intramolecular Hbond substituents is 1. The van der Waals surface area contributed by atoms with Gasteiger partial charge in [-0.3, -0.25) is 0 Å². The van der Waals surface area contributed by atoms with E-state index >= 15 is 0 Å². The number of alkyl halides is 1. The van der Waals surface area contributed by atoms with Crippen LogP contribution in [0, 0.1) is 5.92 Å². The molecule has 1 aliphatic carbocycles. The van der Waals surface area contributed by atoms with Crippen LogP contribution in [-0.2, 0) is 6.42 Å². The number of ether oxygens (including phenoxy) is 1. The lowest BCUT2D eigenvalue weighted by Crippen LogP contribution is -2.37. The third-order valence-electron chi connectivity index (χ3n) is 4.71. The molecule has 0 amide bonds. The molecule has 1 N–H and O–H groups in total. The van der Waals surface area contributed by atoms with Crippen molar-refractivity contribution in [2.45, 2.75) is 51.8 Å². The number of halogens is 1. The second kappa shape index (κ2) is 4.80. The van der Waals surface area contributed by atoms with E-state index < -0.39 is 6.17 Å². The van der Waals surface area contributed by atoms with Crippen molar-refractivity contribution in [1.29, 1.82) is 0 Å². The van der Waals surface area contributed by atoms with Crippen LogP contribution >= 0.6 is 0 Å². The molecule has 0 fully saturated rings. The number of aromatic hydroxyl groups is 1. The standard InChI is InChI=1S/C17H21FO2/c1-4-11-6-15(19)17-13-5-9(2)14(18)8-12(13)10(3)20-16(17)7-11/h5-7,10,12-14,19H,4,8H2,1-3H3/t10?,12-,13?,14?/m0/s1. The van der Waals surface area contributed by atoms with Crippen LogP contribution in [0.25, 0.3) is 0 Å². The molecule has 3 heteroatoms. The molecule has 0 saturated carbocycles. The summed E-state index contributed by atoms with van der Waals surface area (Å²) >= 11 is 0. The first kappa shape index (κ1) is 13.5. The second-order valence-corrected chi connectivity index (χ2v) is 6.01. The Morgan fingerprint density at radius 1 is 1.40 bits per heavy atom. The number of benzene rings is 1. The fourth-order valence-corrected chi connectivity index (χ4v) is 3.46. The van der Waals surface area contributed by atoms with Gasteiger partial charge in [-0.25, -0.2) is 4.39 Å². The molecule has 2 nitrogen and oxygen atoms in total. The van der Waals surface area contributed by atoms with E-state index in [1.165, 1.54) is 0 Å². The van der Waals surface area contributed by atoms with Crippen LogP contribution in [0.3, 0.4) is 0 Å². The number of rotatable bonds is 1. The molecular formula is C17H21FO2. The second-order valence-electron chi connectivity index (χ2n) is 6.01. The van der Waals surface area contributed by atoms with Crippen LogP contribution in [-0.4, -0.2) is 17.4 Å². The van der Waals surface area contributed by atoms with E-state index in [4.69, 9.17) is 4.74 Å². The van der Waals surface area contributed by atoms with Crippen LogP contribution in [0.5, 0.6) is 11.5 Å². The Balaban J connectivity index is 2.13. The van der Waals surface area contributed by atoms with Crippen molar-refractivity contribution in [2.75, 3.05) is 0 Å². The largest absolute Gasteiger partial charge is 0.507 e. The van der Waals surface area contributed by atoms with Crippen LogP contribution < -0.4 is 4.74 Å². The Morgan fingerprint density at radius 2 is 2.15 bits per heavy atom. The minimum absolute atomic E-state index is 0.0263. The van der Waals surface area contributed by atoms with Crippen LogP contribution in [0.4, 0.5) is 4.39 Å². The van der Waals surface area contributed by atoms with E-state index in [1.54, 1.807) is 6.07 Å². The number of aryl methyl sites for hydroxylation is 1. The molecule has 4 atom stereocenters. The van der Waals surface area contributed by atoms with Gasteiger partial charge >= 0.3 is 0 Å². The van der Waals surface area contributed by atoms with Gasteiger partial charge in [0.15, 0.2) is 0 Å². The van der Waals surface area contributed by atoms with Gasteiger partial charge < -0.3 is 9.84 Å². The summed E-state index contributed by atoms with van der Waals surface area (Å²) in [7, 11) is 0. The van der Waals surface area contributed by atoms with E-state index in [1.807, 2.05) is 26.0 Å². The zero-order chi connectivity index (χ0) is 14.4. The van der Waals surface area contributed by atoms with Gasteiger partial charge in [0.1, 0.15) is 17.7 Å². The van der Waals surface area contributed by atoms with Crippen molar-refractivity contribution in [3.05, 3.63) is 34.9 Å². The maximum atomic E-state index is 13.9. The van der Waals surface area contributed by atoms with Gasteiger partial charge in [0.05, 0.1) is 6.10 Å². The Hall–Kier alpha value is -1.51. The van der Waals surface area contributed by atoms with Crippen molar-refractivity contribution >= 4 is 0 Å². The van der Waals surface area contributed by atoms with Gasteiger partial charge in [-0.2, -0.15) is 0 Å².